The van der Waals surface area contributed by atoms with Crippen molar-refractivity contribution >= 4 is 17.7 Å². The molecule has 0 aromatic heterocycles. The number of hydrogen-bond donors (Lipinski definition) is 2. The molecule has 0 spiro atoms. The summed E-state index contributed by atoms with van der Waals surface area (Å²) in [5, 5.41) is 2.89. The third kappa shape index (κ3) is 6.64. The van der Waals surface area contributed by atoms with E-state index in [1.807, 2.05) is 6.92 Å². The van der Waals surface area contributed by atoms with Crippen LogP contribution < -0.4 is 11.1 Å². The van der Waals surface area contributed by atoms with E-state index in [9.17, 15) is 4.79 Å². The summed E-state index contributed by atoms with van der Waals surface area (Å²) in [6.45, 7) is 6.84. The predicted molar refractivity (Wildman–Crippen MR) is 82.5 cm³/mol. The van der Waals surface area contributed by atoms with E-state index >= 15 is 0 Å². The summed E-state index contributed by atoms with van der Waals surface area (Å²) in [5.74, 6) is 0.920. The first-order valence-electron chi connectivity index (χ1n) is 6.71. The topological polar surface area (TPSA) is 55.1 Å². The van der Waals surface area contributed by atoms with Gasteiger partial charge in [-0.05, 0) is 50.5 Å². The molecule has 1 rings (SSSR count). The fraction of sp³-hybridized carbons (Fsp3) is 0.533. The van der Waals surface area contributed by atoms with Gasteiger partial charge in [-0.2, -0.15) is 0 Å². The van der Waals surface area contributed by atoms with E-state index in [0.29, 0.717) is 13.0 Å². The van der Waals surface area contributed by atoms with Crippen LogP contribution in [-0.4, -0.2) is 24.2 Å². The van der Waals surface area contributed by atoms with Crippen LogP contribution in [0.2, 0.25) is 0 Å². The number of amides is 1. The second-order valence-electron chi connectivity index (χ2n) is 4.96. The zero-order chi connectivity index (χ0) is 14.3. The molecular formula is C15H24N2OS. The molecule has 0 radical (unpaired) electrons. The first-order chi connectivity index (χ1) is 8.99. The van der Waals surface area contributed by atoms with Crippen LogP contribution >= 0.6 is 11.8 Å². The fourth-order valence-electron chi connectivity index (χ4n) is 1.59. The number of thioether (sulfide) groups is 1. The van der Waals surface area contributed by atoms with Crippen molar-refractivity contribution in [1.82, 2.24) is 5.32 Å². The molecule has 3 nitrogen and oxygen atoms in total. The summed E-state index contributed by atoms with van der Waals surface area (Å²) in [4.78, 5) is 12.8. The van der Waals surface area contributed by atoms with Gasteiger partial charge in [0.1, 0.15) is 0 Å². The Kier molecular flexibility index (Phi) is 6.95. The number of benzene rings is 1. The summed E-state index contributed by atoms with van der Waals surface area (Å²) >= 11 is 1.73. The minimum absolute atomic E-state index is 0.108. The summed E-state index contributed by atoms with van der Waals surface area (Å²) in [6.07, 6.45) is 1.38. The maximum absolute atomic E-state index is 11.6. The molecule has 1 unspecified atom stereocenters. The van der Waals surface area contributed by atoms with Crippen LogP contribution in [0.4, 0.5) is 0 Å². The van der Waals surface area contributed by atoms with Crippen molar-refractivity contribution in [2.75, 3.05) is 12.3 Å². The lowest BCUT2D eigenvalue weighted by Crippen LogP contribution is -2.29. The summed E-state index contributed by atoms with van der Waals surface area (Å²) in [7, 11) is 0. The third-order valence-electron chi connectivity index (χ3n) is 3.00. The van der Waals surface area contributed by atoms with Gasteiger partial charge in [0.2, 0.25) is 5.91 Å². The molecule has 3 N–H and O–H groups in total. The van der Waals surface area contributed by atoms with Gasteiger partial charge in [0.25, 0.3) is 0 Å². The van der Waals surface area contributed by atoms with Crippen molar-refractivity contribution in [1.29, 1.82) is 0 Å². The minimum atomic E-state index is 0.108. The van der Waals surface area contributed by atoms with E-state index in [1.54, 1.807) is 11.8 Å². The van der Waals surface area contributed by atoms with Gasteiger partial charge in [0, 0.05) is 29.7 Å². The van der Waals surface area contributed by atoms with Crippen molar-refractivity contribution in [3.63, 3.8) is 0 Å². The zero-order valence-electron chi connectivity index (χ0n) is 12.0. The van der Waals surface area contributed by atoms with Crippen molar-refractivity contribution < 1.29 is 4.79 Å². The molecule has 1 amide bonds. The monoisotopic (exact) mass is 280 g/mol. The molecular weight excluding hydrogens is 256 g/mol. The van der Waals surface area contributed by atoms with Crippen LogP contribution in [0.3, 0.4) is 0 Å². The van der Waals surface area contributed by atoms with Crippen LogP contribution in [0.1, 0.15) is 30.9 Å². The Morgan fingerprint density at radius 3 is 2.74 bits per heavy atom. The van der Waals surface area contributed by atoms with Crippen molar-refractivity contribution in [3.05, 3.63) is 29.3 Å². The lowest BCUT2D eigenvalue weighted by atomic mass is 10.1. The van der Waals surface area contributed by atoms with Crippen LogP contribution in [0, 0.1) is 13.8 Å². The first-order valence-corrected chi connectivity index (χ1v) is 7.70. The standard InChI is InChI=1S/C15H24N2OS/c1-11-4-5-14(10-12(11)2)19-9-7-15(18)17-8-6-13(3)16/h4-5,10,13H,6-9,16H2,1-3H3,(H,17,18). The highest BCUT2D eigenvalue weighted by atomic mass is 32.2. The molecule has 0 saturated carbocycles. The Labute approximate surface area is 120 Å². The van der Waals surface area contributed by atoms with E-state index in [2.05, 4.69) is 37.4 Å². The smallest absolute Gasteiger partial charge is 0.220 e. The van der Waals surface area contributed by atoms with Crippen LogP contribution in [0.15, 0.2) is 23.1 Å². The zero-order valence-corrected chi connectivity index (χ0v) is 12.8. The number of hydrogen-bond acceptors (Lipinski definition) is 3. The van der Waals surface area contributed by atoms with E-state index in [1.165, 1.54) is 16.0 Å². The van der Waals surface area contributed by atoms with Crippen molar-refractivity contribution in [2.24, 2.45) is 5.73 Å². The Morgan fingerprint density at radius 1 is 1.37 bits per heavy atom. The van der Waals surface area contributed by atoms with Crippen LogP contribution in [0.5, 0.6) is 0 Å². The molecule has 0 bridgehead atoms. The highest BCUT2D eigenvalue weighted by molar-refractivity contribution is 7.99. The maximum atomic E-state index is 11.6. The van der Waals surface area contributed by atoms with Gasteiger partial charge in [0.15, 0.2) is 0 Å². The number of aryl methyl sites for hydroxylation is 2. The molecule has 4 heteroatoms. The van der Waals surface area contributed by atoms with Gasteiger partial charge in [0.05, 0.1) is 0 Å². The molecule has 0 aliphatic carbocycles. The number of nitrogens with two attached hydrogens (primary N) is 1. The van der Waals surface area contributed by atoms with Gasteiger partial charge in [-0.15, -0.1) is 11.8 Å². The number of carbonyl (C=O) groups excluding carboxylic acids is 1. The van der Waals surface area contributed by atoms with Crippen molar-refractivity contribution in [3.8, 4) is 0 Å². The quantitative estimate of drug-likeness (QED) is 0.755. The minimum Gasteiger partial charge on any atom is -0.356 e. The second-order valence-corrected chi connectivity index (χ2v) is 6.13. The third-order valence-corrected chi connectivity index (χ3v) is 3.99. The van der Waals surface area contributed by atoms with Crippen molar-refractivity contribution in [2.45, 2.75) is 44.6 Å². The number of rotatable bonds is 7. The number of carbonyl (C=O) groups is 1. The van der Waals surface area contributed by atoms with Gasteiger partial charge in [-0.25, -0.2) is 0 Å². The molecule has 0 saturated heterocycles. The molecule has 1 atom stereocenters. The molecule has 0 aliphatic heterocycles. The molecule has 0 aliphatic rings. The normalized spacial score (nSPS) is 12.2. The number of nitrogens with one attached hydrogen (secondary N) is 1. The summed E-state index contributed by atoms with van der Waals surface area (Å²) < 4.78 is 0. The first kappa shape index (κ1) is 16.1. The Hall–Kier alpha value is -1.00. The van der Waals surface area contributed by atoms with Crippen LogP contribution in [-0.2, 0) is 4.79 Å². The average molecular weight is 280 g/mol. The van der Waals surface area contributed by atoms with Gasteiger partial charge < -0.3 is 11.1 Å². The van der Waals surface area contributed by atoms with Gasteiger partial charge >= 0.3 is 0 Å². The van der Waals surface area contributed by atoms with Gasteiger partial charge in [-0.3, -0.25) is 4.79 Å². The lowest BCUT2D eigenvalue weighted by Gasteiger charge is -2.08. The Balaban J connectivity index is 2.22. The lowest BCUT2D eigenvalue weighted by molar-refractivity contribution is -0.120. The highest BCUT2D eigenvalue weighted by Crippen LogP contribution is 2.21. The van der Waals surface area contributed by atoms with E-state index in [0.717, 1.165) is 12.2 Å². The maximum Gasteiger partial charge on any atom is 0.220 e. The fourth-order valence-corrected chi connectivity index (χ4v) is 2.54. The second kappa shape index (κ2) is 8.23. The largest absolute Gasteiger partial charge is 0.356 e. The van der Waals surface area contributed by atoms with E-state index in [-0.39, 0.29) is 11.9 Å². The Bertz CT molecular complexity index is 419. The molecule has 0 heterocycles. The summed E-state index contributed by atoms with van der Waals surface area (Å²) in [6, 6.07) is 6.56. The van der Waals surface area contributed by atoms with E-state index in [4.69, 9.17) is 5.73 Å². The average Bonchev–Trinajstić information content (AvgIpc) is 2.33. The molecule has 1 aromatic rings. The van der Waals surface area contributed by atoms with Crippen LogP contribution in [0.25, 0.3) is 0 Å². The molecule has 1 aromatic carbocycles. The predicted octanol–water partition coefficient (Wildman–Crippen LogP) is 2.64. The van der Waals surface area contributed by atoms with Gasteiger partial charge in [-0.1, -0.05) is 6.07 Å². The molecule has 19 heavy (non-hydrogen) atoms. The highest BCUT2D eigenvalue weighted by Gasteiger charge is 2.03. The van der Waals surface area contributed by atoms with E-state index < -0.39 is 0 Å². The Morgan fingerprint density at radius 2 is 2.11 bits per heavy atom. The molecule has 106 valence electrons. The summed E-state index contributed by atoms with van der Waals surface area (Å²) in [5.41, 5.74) is 8.23. The molecule has 0 fully saturated rings. The SMILES string of the molecule is Cc1ccc(SCCC(=O)NCCC(C)N)cc1C.